The van der Waals surface area contributed by atoms with Crippen molar-refractivity contribution in [3.8, 4) is 0 Å². The third-order valence-electron chi connectivity index (χ3n) is 2.56. The van der Waals surface area contributed by atoms with Gasteiger partial charge in [0, 0.05) is 12.6 Å². The average Bonchev–Trinajstić information content (AvgIpc) is 2.27. The van der Waals surface area contributed by atoms with Gasteiger partial charge >= 0.3 is 0 Å². The molecule has 1 unspecified atom stereocenters. The van der Waals surface area contributed by atoms with E-state index in [1.54, 1.807) is 6.92 Å². The molecule has 0 bridgehead atoms. The number of hydrogen-bond donors (Lipinski definition) is 3. The van der Waals surface area contributed by atoms with Gasteiger partial charge in [0.05, 0.1) is 5.69 Å². The SMILES string of the molecule is CCC(CCO)NS(=O)(=O)c1c(N)cccc1F. The van der Waals surface area contributed by atoms with Gasteiger partial charge < -0.3 is 10.8 Å². The Bertz CT molecular complexity index is 485. The first-order valence-electron chi connectivity index (χ1n) is 5.59. The molecule has 0 amide bonds. The Morgan fingerprint density at radius 2 is 2.17 bits per heavy atom. The second kappa shape index (κ2) is 6.12. The van der Waals surface area contributed by atoms with Gasteiger partial charge in [0.2, 0.25) is 10.0 Å². The topological polar surface area (TPSA) is 92.4 Å². The Morgan fingerprint density at radius 3 is 2.67 bits per heavy atom. The second-order valence-electron chi connectivity index (χ2n) is 3.90. The zero-order chi connectivity index (χ0) is 13.8. The van der Waals surface area contributed by atoms with Crippen molar-refractivity contribution in [2.24, 2.45) is 0 Å². The monoisotopic (exact) mass is 276 g/mol. The molecule has 0 aliphatic heterocycles. The maximum Gasteiger partial charge on any atom is 0.245 e. The van der Waals surface area contributed by atoms with Gasteiger partial charge in [0.15, 0.2) is 0 Å². The molecule has 0 aliphatic rings. The smallest absolute Gasteiger partial charge is 0.245 e. The summed E-state index contributed by atoms with van der Waals surface area (Å²) in [5, 5.41) is 8.81. The van der Waals surface area contributed by atoms with E-state index in [1.165, 1.54) is 12.1 Å². The number of benzene rings is 1. The molecule has 18 heavy (non-hydrogen) atoms. The maximum absolute atomic E-state index is 13.5. The predicted octanol–water partition coefficient (Wildman–Crippen LogP) is 0.847. The number of halogens is 1. The van der Waals surface area contributed by atoms with Crippen molar-refractivity contribution in [1.82, 2.24) is 4.72 Å². The predicted molar refractivity (Wildman–Crippen MR) is 66.9 cm³/mol. The summed E-state index contributed by atoms with van der Waals surface area (Å²) in [6, 6.07) is 3.26. The van der Waals surface area contributed by atoms with Gasteiger partial charge in [0.1, 0.15) is 10.7 Å². The molecule has 0 fully saturated rings. The normalized spacial score (nSPS) is 13.5. The molecule has 0 aliphatic carbocycles. The summed E-state index contributed by atoms with van der Waals surface area (Å²) in [4.78, 5) is -0.540. The van der Waals surface area contributed by atoms with E-state index in [2.05, 4.69) is 4.72 Å². The molecule has 102 valence electrons. The van der Waals surface area contributed by atoms with E-state index in [4.69, 9.17) is 10.8 Å². The number of hydrogen-bond acceptors (Lipinski definition) is 4. The van der Waals surface area contributed by atoms with Gasteiger partial charge in [-0.2, -0.15) is 0 Å². The number of aliphatic hydroxyl groups is 1. The van der Waals surface area contributed by atoms with Crippen molar-refractivity contribution in [1.29, 1.82) is 0 Å². The molecule has 0 saturated heterocycles. The van der Waals surface area contributed by atoms with E-state index in [-0.39, 0.29) is 18.7 Å². The minimum atomic E-state index is -4.02. The van der Waals surface area contributed by atoms with Gasteiger partial charge in [-0.05, 0) is 25.0 Å². The van der Waals surface area contributed by atoms with Gasteiger partial charge in [-0.15, -0.1) is 0 Å². The number of sulfonamides is 1. The average molecular weight is 276 g/mol. The van der Waals surface area contributed by atoms with Gasteiger partial charge in [-0.25, -0.2) is 17.5 Å². The fourth-order valence-electron chi connectivity index (χ4n) is 1.59. The van der Waals surface area contributed by atoms with E-state index in [0.29, 0.717) is 6.42 Å². The van der Waals surface area contributed by atoms with Crippen LogP contribution in [0, 0.1) is 5.82 Å². The van der Waals surface area contributed by atoms with Crippen molar-refractivity contribution < 1.29 is 17.9 Å². The minimum Gasteiger partial charge on any atom is -0.398 e. The lowest BCUT2D eigenvalue weighted by molar-refractivity contribution is 0.270. The zero-order valence-corrected chi connectivity index (χ0v) is 10.9. The minimum absolute atomic E-state index is 0.138. The van der Waals surface area contributed by atoms with Crippen LogP contribution >= 0.6 is 0 Å². The molecule has 5 nitrogen and oxygen atoms in total. The molecule has 1 rings (SSSR count). The maximum atomic E-state index is 13.5. The summed E-state index contributed by atoms with van der Waals surface area (Å²) < 4.78 is 39.9. The molecular weight excluding hydrogens is 259 g/mol. The summed E-state index contributed by atoms with van der Waals surface area (Å²) in [5.41, 5.74) is 5.35. The van der Waals surface area contributed by atoms with Crippen LogP contribution in [0.15, 0.2) is 23.1 Å². The van der Waals surface area contributed by atoms with Crippen LogP contribution in [0.1, 0.15) is 19.8 Å². The molecule has 0 aromatic heterocycles. The molecule has 7 heteroatoms. The molecule has 4 N–H and O–H groups in total. The molecule has 0 saturated carbocycles. The number of nitrogen functional groups attached to an aromatic ring is 1. The molecule has 1 aromatic rings. The fraction of sp³-hybridized carbons (Fsp3) is 0.455. The Morgan fingerprint density at radius 1 is 1.50 bits per heavy atom. The zero-order valence-electron chi connectivity index (χ0n) is 10.1. The van der Waals surface area contributed by atoms with Crippen LogP contribution in [-0.2, 0) is 10.0 Å². The van der Waals surface area contributed by atoms with Crippen molar-refractivity contribution in [3.63, 3.8) is 0 Å². The largest absolute Gasteiger partial charge is 0.398 e. The molecule has 1 atom stereocenters. The first-order chi connectivity index (χ1) is 8.42. The van der Waals surface area contributed by atoms with Gasteiger partial charge in [-0.1, -0.05) is 13.0 Å². The number of nitrogens with two attached hydrogens (primary N) is 1. The highest BCUT2D eigenvalue weighted by Gasteiger charge is 2.24. The third-order valence-corrected chi connectivity index (χ3v) is 4.17. The van der Waals surface area contributed by atoms with Crippen LogP contribution in [0.3, 0.4) is 0 Å². The molecular formula is C11H17FN2O3S. The van der Waals surface area contributed by atoms with E-state index in [1.807, 2.05) is 0 Å². The van der Waals surface area contributed by atoms with E-state index in [9.17, 15) is 12.8 Å². The lowest BCUT2D eigenvalue weighted by atomic mass is 10.2. The summed E-state index contributed by atoms with van der Waals surface area (Å²) in [6.45, 7) is 1.63. The molecule has 0 heterocycles. The quantitative estimate of drug-likeness (QED) is 0.671. The number of anilines is 1. The number of aliphatic hydroxyl groups excluding tert-OH is 1. The van der Waals surface area contributed by atoms with Crippen LogP contribution in [0.25, 0.3) is 0 Å². The summed E-state index contributed by atoms with van der Waals surface area (Å²) >= 11 is 0. The molecule has 0 spiro atoms. The highest BCUT2D eigenvalue weighted by Crippen LogP contribution is 2.22. The summed E-state index contributed by atoms with van der Waals surface area (Å²) in [6.07, 6.45) is 0.762. The fourth-order valence-corrected chi connectivity index (χ4v) is 3.13. The molecule has 1 aromatic carbocycles. The molecule has 0 radical (unpaired) electrons. The summed E-state index contributed by atoms with van der Waals surface area (Å²) in [5.74, 6) is -0.888. The van der Waals surface area contributed by atoms with E-state index >= 15 is 0 Å². The first kappa shape index (κ1) is 14.9. The van der Waals surface area contributed by atoms with Crippen LogP contribution in [0.5, 0.6) is 0 Å². The van der Waals surface area contributed by atoms with Crippen LogP contribution in [0.2, 0.25) is 0 Å². The summed E-state index contributed by atoms with van der Waals surface area (Å²) in [7, 11) is -4.02. The van der Waals surface area contributed by atoms with Gasteiger partial charge in [-0.3, -0.25) is 0 Å². The van der Waals surface area contributed by atoms with Crippen molar-refractivity contribution >= 4 is 15.7 Å². The Kier molecular flexibility index (Phi) is 5.06. The Balaban J connectivity index is 3.06. The third kappa shape index (κ3) is 3.41. The number of rotatable bonds is 6. The first-order valence-corrected chi connectivity index (χ1v) is 7.07. The standard InChI is InChI=1S/C11H17FN2O3S/c1-2-8(6-7-15)14-18(16,17)11-9(12)4-3-5-10(11)13/h3-5,8,14-15H,2,6-7,13H2,1H3. The lowest BCUT2D eigenvalue weighted by Gasteiger charge is -2.17. The van der Waals surface area contributed by atoms with E-state index in [0.717, 1.165) is 6.07 Å². The highest BCUT2D eigenvalue weighted by atomic mass is 32.2. The Labute approximate surface area is 106 Å². The van der Waals surface area contributed by atoms with Crippen molar-refractivity contribution in [3.05, 3.63) is 24.0 Å². The van der Waals surface area contributed by atoms with Gasteiger partial charge in [0.25, 0.3) is 0 Å². The number of nitrogens with one attached hydrogen (secondary N) is 1. The van der Waals surface area contributed by atoms with Crippen LogP contribution in [0.4, 0.5) is 10.1 Å². The Hall–Kier alpha value is -1.18. The second-order valence-corrected chi connectivity index (χ2v) is 5.55. The lowest BCUT2D eigenvalue weighted by Crippen LogP contribution is -2.35. The van der Waals surface area contributed by atoms with E-state index < -0.39 is 26.8 Å². The highest BCUT2D eigenvalue weighted by molar-refractivity contribution is 7.89. The van der Waals surface area contributed by atoms with Crippen LogP contribution in [-0.4, -0.2) is 26.2 Å². The van der Waals surface area contributed by atoms with Crippen LogP contribution < -0.4 is 10.5 Å². The van der Waals surface area contributed by atoms with Crippen molar-refractivity contribution in [2.45, 2.75) is 30.7 Å². The van der Waals surface area contributed by atoms with Crippen molar-refractivity contribution in [2.75, 3.05) is 12.3 Å².